The zero-order chi connectivity index (χ0) is 14.9. The fourth-order valence-electron chi connectivity index (χ4n) is 1.55. The number of aromatic nitrogens is 1. The normalized spacial score (nSPS) is 11.0. The van der Waals surface area contributed by atoms with Crippen LogP contribution in [-0.4, -0.2) is 27.7 Å². The lowest BCUT2D eigenvalue weighted by Crippen LogP contribution is -2.20. The molecule has 21 heavy (non-hydrogen) atoms. The van der Waals surface area contributed by atoms with Crippen molar-refractivity contribution in [1.82, 2.24) is 10.4 Å². The number of rotatable bonds is 3. The van der Waals surface area contributed by atoms with Gasteiger partial charge in [0.2, 0.25) is 0 Å². The summed E-state index contributed by atoms with van der Waals surface area (Å²) >= 11 is 3.18. The number of hydrazone groups is 1. The lowest BCUT2D eigenvalue weighted by atomic mass is 10.3. The van der Waals surface area contributed by atoms with Crippen molar-refractivity contribution >= 4 is 39.4 Å². The summed E-state index contributed by atoms with van der Waals surface area (Å²) in [6.07, 6.45) is 5.73. The van der Waals surface area contributed by atoms with E-state index in [2.05, 4.69) is 20.5 Å². The van der Waals surface area contributed by atoms with E-state index < -0.39 is 0 Å². The third-order valence-electron chi connectivity index (χ3n) is 2.51. The average Bonchev–Trinajstić information content (AvgIpc) is 2.56. The van der Waals surface area contributed by atoms with E-state index in [0.29, 0.717) is 5.84 Å². The lowest BCUT2D eigenvalue weighted by Gasteiger charge is -2.06. The molecule has 0 fully saturated rings. The number of nitrogens with one attached hydrogen (secondary N) is 1. The van der Waals surface area contributed by atoms with E-state index in [1.165, 1.54) is 0 Å². The molecule has 1 aromatic carbocycles. The summed E-state index contributed by atoms with van der Waals surface area (Å²) < 4.78 is 0.937. The molecule has 1 aromatic heterocycles. The van der Waals surface area contributed by atoms with Crippen LogP contribution in [0.1, 0.15) is 5.69 Å². The molecule has 0 aliphatic heterocycles. The van der Waals surface area contributed by atoms with Crippen LogP contribution in [0.15, 0.2) is 64.8 Å². The van der Waals surface area contributed by atoms with Crippen LogP contribution in [0.25, 0.3) is 0 Å². The number of nitrogens with zero attached hydrogens (tertiary/aromatic N) is 3. The molecule has 2 aromatic rings. The van der Waals surface area contributed by atoms with Crippen molar-refractivity contribution < 1.29 is 0 Å². The summed E-state index contributed by atoms with van der Waals surface area (Å²) in [5, 5.41) is 4.36. The molecule has 6 heteroatoms. The number of amidine groups is 1. The van der Waals surface area contributed by atoms with Gasteiger partial charge >= 0.3 is 0 Å². The first kappa shape index (κ1) is 15.6. The van der Waals surface area contributed by atoms with Crippen molar-refractivity contribution in [2.75, 3.05) is 12.5 Å². The summed E-state index contributed by atoms with van der Waals surface area (Å²) in [6, 6.07) is 15.5. The number of benzene rings is 1. The van der Waals surface area contributed by atoms with Gasteiger partial charge in [0.15, 0.2) is 5.84 Å². The second-order valence-corrected chi connectivity index (χ2v) is 5.76. The minimum absolute atomic E-state index is 0.627. The Labute approximate surface area is 133 Å². The summed E-state index contributed by atoms with van der Waals surface area (Å²) in [6.45, 7) is 0. The third-order valence-corrected chi connectivity index (χ3v) is 4.39. The first-order valence-corrected chi connectivity index (χ1v) is 8.75. The minimum atomic E-state index is 0.627. The molecular formula is C15H16N4S2. The Balaban J connectivity index is 2.31. The van der Waals surface area contributed by atoms with Crippen LogP contribution in [0.3, 0.4) is 0 Å². The molecule has 0 unspecified atom stereocenters. The fraction of sp³-hybridized carbons (Fsp3) is 0.133. The van der Waals surface area contributed by atoms with E-state index >= 15 is 0 Å². The SMILES string of the molecule is CSC(=NNC(=Nc1ccccc1)c1ccccn1)SC. The van der Waals surface area contributed by atoms with Crippen LogP contribution in [0, 0.1) is 0 Å². The molecule has 1 heterocycles. The quantitative estimate of drug-likeness (QED) is 0.532. The maximum atomic E-state index is 4.59. The molecule has 0 radical (unpaired) electrons. The third kappa shape index (κ3) is 4.91. The van der Waals surface area contributed by atoms with Gasteiger partial charge in [0.1, 0.15) is 10.1 Å². The van der Waals surface area contributed by atoms with Gasteiger partial charge in [-0.1, -0.05) is 24.3 Å². The van der Waals surface area contributed by atoms with E-state index in [9.17, 15) is 0 Å². The van der Waals surface area contributed by atoms with Crippen LogP contribution < -0.4 is 5.43 Å². The fourth-order valence-corrected chi connectivity index (χ4v) is 2.49. The van der Waals surface area contributed by atoms with Crippen LogP contribution in [0.5, 0.6) is 0 Å². The van der Waals surface area contributed by atoms with Gasteiger partial charge in [-0.05, 0) is 36.8 Å². The first-order valence-electron chi connectivity index (χ1n) is 6.30. The van der Waals surface area contributed by atoms with Gasteiger partial charge in [-0.25, -0.2) is 4.99 Å². The van der Waals surface area contributed by atoms with Crippen molar-refractivity contribution in [3.05, 3.63) is 60.4 Å². The van der Waals surface area contributed by atoms with Gasteiger partial charge in [-0.15, -0.1) is 23.5 Å². The maximum Gasteiger partial charge on any atom is 0.173 e. The zero-order valence-corrected chi connectivity index (χ0v) is 13.5. The van der Waals surface area contributed by atoms with Crippen LogP contribution in [0.2, 0.25) is 0 Å². The van der Waals surface area contributed by atoms with Gasteiger partial charge in [0.25, 0.3) is 0 Å². The van der Waals surface area contributed by atoms with Crippen LogP contribution in [-0.2, 0) is 0 Å². The molecule has 0 aliphatic rings. The lowest BCUT2D eigenvalue weighted by molar-refractivity contribution is 1.02. The molecule has 1 N–H and O–H groups in total. The first-order chi connectivity index (χ1) is 10.3. The molecular weight excluding hydrogens is 300 g/mol. The topological polar surface area (TPSA) is 49.6 Å². The maximum absolute atomic E-state index is 4.59. The monoisotopic (exact) mass is 316 g/mol. The Bertz CT molecular complexity index is 606. The second-order valence-electron chi connectivity index (χ2n) is 3.91. The Hall–Kier alpha value is -1.79. The summed E-state index contributed by atoms with van der Waals surface area (Å²) in [5.41, 5.74) is 4.63. The summed E-state index contributed by atoms with van der Waals surface area (Å²) in [5.74, 6) is 0.627. The highest BCUT2D eigenvalue weighted by molar-refractivity contribution is 8.38. The number of aliphatic imine (C=N–C) groups is 1. The molecule has 0 atom stereocenters. The summed E-state index contributed by atoms with van der Waals surface area (Å²) in [4.78, 5) is 8.92. The average molecular weight is 316 g/mol. The van der Waals surface area contributed by atoms with Crippen molar-refractivity contribution in [2.24, 2.45) is 10.1 Å². The Morgan fingerprint density at radius 1 is 1.00 bits per heavy atom. The van der Waals surface area contributed by atoms with Gasteiger partial charge < -0.3 is 0 Å². The van der Waals surface area contributed by atoms with E-state index in [0.717, 1.165) is 15.8 Å². The molecule has 4 nitrogen and oxygen atoms in total. The summed E-state index contributed by atoms with van der Waals surface area (Å²) in [7, 11) is 0. The highest BCUT2D eigenvalue weighted by atomic mass is 32.2. The molecule has 108 valence electrons. The van der Waals surface area contributed by atoms with E-state index in [1.807, 2.05) is 61.0 Å². The molecule has 2 rings (SSSR count). The van der Waals surface area contributed by atoms with Crippen LogP contribution in [0.4, 0.5) is 5.69 Å². The molecule has 0 saturated carbocycles. The van der Waals surface area contributed by atoms with Gasteiger partial charge in [-0.2, -0.15) is 5.10 Å². The molecule has 0 saturated heterocycles. The number of hydrogen-bond acceptors (Lipinski definition) is 5. The highest BCUT2D eigenvalue weighted by Crippen LogP contribution is 2.13. The van der Waals surface area contributed by atoms with Gasteiger partial charge in [-0.3, -0.25) is 10.4 Å². The number of hydrogen-bond donors (Lipinski definition) is 1. The molecule has 0 bridgehead atoms. The standard InChI is InChI=1S/C15H16N4S2/c1-20-15(21-2)19-18-14(13-10-6-7-11-16-13)17-12-8-4-3-5-9-12/h3-11H,1-2H3,(H,17,18). The number of pyridine rings is 1. The van der Waals surface area contributed by atoms with E-state index in [-0.39, 0.29) is 0 Å². The van der Waals surface area contributed by atoms with Crippen LogP contribution >= 0.6 is 23.5 Å². The van der Waals surface area contributed by atoms with E-state index in [4.69, 9.17) is 0 Å². The Morgan fingerprint density at radius 3 is 2.33 bits per heavy atom. The largest absolute Gasteiger partial charge is 0.258 e. The van der Waals surface area contributed by atoms with Gasteiger partial charge in [0, 0.05) is 6.20 Å². The van der Waals surface area contributed by atoms with Gasteiger partial charge in [0.05, 0.1) is 5.69 Å². The second kappa shape index (κ2) is 8.49. The molecule has 0 aliphatic carbocycles. The molecule has 0 spiro atoms. The van der Waals surface area contributed by atoms with Crippen molar-refractivity contribution in [1.29, 1.82) is 0 Å². The number of thioether (sulfide) groups is 2. The number of para-hydroxylation sites is 1. The van der Waals surface area contributed by atoms with Crippen molar-refractivity contribution in [2.45, 2.75) is 0 Å². The van der Waals surface area contributed by atoms with Crippen molar-refractivity contribution in [3.8, 4) is 0 Å². The van der Waals surface area contributed by atoms with E-state index in [1.54, 1.807) is 29.7 Å². The zero-order valence-electron chi connectivity index (χ0n) is 11.9. The smallest absolute Gasteiger partial charge is 0.173 e. The van der Waals surface area contributed by atoms with Crippen molar-refractivity contribution in [3.63, 3.8) is 0 Å². The minimum Gasteiger partial charge on any atom is -0.258 e. The molecule has 0 amide bonds. The predicted octanol–water partition coefficient (Wildman–Crippen LogP) is 3.75. The Kier molecular flexibility index (Phi) is 6.30. The predicted molar refractivity (Wildman–Crippen MR) is 94.5 cm³/mol. The highest BCUT2D eigenvalue weighted by Gasteiger charge is 2.05. The Morgan fingerprint density at radius 2 is 1.71 bits per heavy atom.